The monoisotopic (exact) mass is 491 g/mol. The van der Waals surface area contributed by atoms with E-state index in [0.717, 1.165) is 42.6 Å². The number of ether oxygens (including phenoxy) is 1. The second kappa shape index (κ2) is 8.83. The van der Waals surface area contributed by atoms with Crippen molar-refractivity contribution in [2.45, 2.75) is 70.1 Å². The van der Waals surface area contributed by atoms with Gasteiger partial charge in [0.2, 0.25) is 5.91 Å². The van der Waals surface area contributed by atoms with Gasteiger partial charge in [0.15, 0.2) is 0 Å². The molecule has 2 aromatic rings. The summed E-state index contributed by atoms with van der Waals surface area (Å²) in [5, 5.41) is 0. The van der Waals surface area contributed by atoms with Crippen molar-refractivity contribution >= 4 is 17.7 Å². The van der Waals surface area contributed by atoms with E-state index >= 15 is 0 Å². The number of hydrogen-bond donors (Lipinski definition) is 0. The molecule has 0 atom stereocenters. The Morgan fingerprint density at radius 2 is 2.00 bits per heavy atom. The van der Waals surface area contributed by atoms with E-state index < -0.39 is 24.1 Å². The Balaban J connectivity index is 1.42. The normalized spacial score (nSPS) is 18.5. The molecule has 8 nitrogen and oxygen atoms in total. The average Bonchev–Trinajstić information content (AvgIpc) is 3.25. The number of amides is 2. The lowest BCUT2D eigenvalue weighted by atomic mass is 9.75. The summed E-state index contributed by atoms with van der Waals surface area (Å²) in [6.45, 7) is 2.78. The fourth-order valence-corrected chi connectivity index (χ4v) is 5.52. The highest BCUT2D eigenvalue weighted by Gasteiger charge is 2.59. The first-order chi connectivity index (χ1) is 16.7. The number of anilines is 1. The number of rotatable bonds is 6. The maximum absolute atomic E-state index is 13.7. The number of halogens is 3. The first-order valence-corrected chi connectivity index (χ1v) is 12.1. The molecule has 2 aliphatic heterocycles. The predicted octanol–water partition coefficient (Wildman–Crippen LogP) is 3.76. The van der Waals surface area contributed by atoms with E-state index in [-0.39, 0.29) is 45.1 Å². The van der Waals surface area contributed by atoms with Gasteiger partial charge in [0, 0.05) is 37.9 Å². The number of pyridine rings is 1. The molecule has 5 rings (SSSR count). The lowest BCUT2D eigenvalue weighted by molar-refractivity contribution is -0.136. The number of likely N-dealkylation sites (tertiary alicyclic amines) is 1. The van der Waals surface area contributed by atoms with Gasteiger partial charge in [-0.05, 0) is 50.7 Å². The molecular formula is C24H28F3N5O3. The van der Waals surface area contributed by atoms with Gasteiger partial charge in [0.05, 0.1) is 30.7 Å². The first-order valence-electron chi connectivity index (χ1n) is 12.1. The van der Waals surface area contributed by atoms with Crippen LogP contribution in [0.1, 0.15) is 55.4 Å². The molecule has 0 radical (unpaired) electrons. The Kier molecular flexibility index (Phi) is 5.96. The molecule has 1 aliphatic carbocycles. The van der Waals surface area contributed by atoms with Crippen LogP contribution in [0.15, 0.2) is 18.5 Å². The highest BCUT2D eigenvalue weighted by atomic mass is 19.4. The van der Waals surface area contributed by atoms with Crippen molar-refractivity contribution < 1.29 is 27.5 Å². The molecule has 35 heavy (non-hydrogen) atoms. The summed E-state index contributed by atoms with van der Waals surface area (Å²) in [5.74, 6) is 0.449. The van der Waals surface area contributed by atoms with Gasteiger partial charge in [-0.1, -0.05) is 0 Å². The van der Waals surface area contributed by atoms with Gasteiger partial charge in [-0.25, -0.2) is 9.78 Å². The van der Waals surface area contributed by atoms with E-state index in [2.05, 4.69) is 4.98 Å². The van der Waals surface area contributed by atoms with Crippen molar-refractivity contribution in [2.75, 3.05) is 24.6 Å². The number of hydrogen-bond acceptors (Lipinski definition) is 5. The molecule has 0 saturated carbocycles. The molecule has 1 spiro atoms. The summed E-state index contributed by atoms with van der Waals surface area (Å²) in [6, 6.07) is 1.80. The van der Waals surface area contributed by atoms with Crippen LogP contribution < -0.4 is 4.90 Å². The zero-order chi connectivity index (χ0) is 24.8. The summed E-state index contributed by atoms with van der Waals surface area (Å²) < 4.78 is 45.4. The number of aryl methyl sites for hydroxylation is 1. The lowest BCUT2D eigenvalue weighted by Crippen LogP contribution is -2.65. The van der Waals surface area contributed by atoms with Crippen molar-refractivity contribution in [1.82, 2.24) is 19.4 Å². The Morgan fingerprint density at radius 3 is 2.74 bits per heavy atom. The maximum atomic E-state index is 13.7. The molecule has 1 fully saturated rings. The highest BCUT2D eigenvalue weighted by molar-refractivity contribution is 6.09. The van der Waals surface area contributed by atoms with Crippen molar-refractivity contribution in [3.63, 3.8) is 0 Å². The maximum Gasteiger partial charge on any atom is 0.409 e. The van der Waals surface area contributed by atoms with Crippen molar-refractivity contribution in [3.05, 3.63) is 41.2 Å². The molecule has 0 aromatic carbocycles. The Bertz CT molecular complexity index is 1140. The predicted molar refractivity (Wildman–Crippen MR) is 120 cm³/mol. The number of fused-ring (bicyclic) bond motifs is 3. The van der Waals surface area contributed by atoms with Gasteiger partial charge in [0.25, 0.3) is 0 Å². The van der Waals surface area contributed by atoms with Crippen molar-refractivity contribution in [3.8, 4) is 0 Å². The van der Waals surface area contributed by atoms with Crippen LogP contribution in [0.4, 0.5) is 23.7 Å². The van der Waals surface area contributed by atoms with Gasteiger partial charge in [-0.3, -0.25) is 9.78 Å². The number of carbonyl (C=O) groups is 2. The SMILES string of the molecule is CCOC(=O)N1CC2(C1)C(=O)N(Cc1nc3c(n1CCCC(F)(F)F)CCCC3)c1cnccc12. The van der Waals surface area contributed by atoms with Crippen LogP contribution >= 0.6 is 0 Å². The molecular weight excluding hydrogens is 463 g/mol. The number of alkyl halides is 3. The minimum Gasteiger partial charge on any atom is -0.450 e. The lowest BCUT2D eigenvalue weighted by Gasteiger charge is -2.45. The molecule has 4 heterocycles. The van der Waals surface area contributed by atoms with Crippen LogP contribution in [-0.2, 0) is 40.9 Å². The van der Waals surface area contributed by atoms with Gasteiger partial charge >= 0.3 is 12.3 Å². The number of carbonyl (C=O) groups excluding carboxylic acids is 2. The zero-order valence-electron chi connectivity index (χ0n) is 19.6. The minimum absolute atomic E-state index is 0.0379. The second-order valence-electron chi connectivity index (χ2n) is 9.42. The molecule has 2 aromatic heterocycles. The largest absolute Gasteiger partial charge is 0.450 e. The Morgan fingerprint density at radius 1 is 1.23 bits per heavy atom. The topological polar surface area (TPSA) is 80.6 Å². The summed E-state index contributed by atoms with van der Waals surface area (Å²) in [5.41, 5.74) is 2.50. The molecule has 0 bridgehead atoms. The Hall–Kier alpha value is -3.11. The summed E-state index contributed by atoms with van der Waals surface area (Å²) >= 11 is 0. The Labute approximate surface area is 201 Å². The number of aromatic nitrogens is 3. The van der Waals surface area contributed by atoms with Crippen LogP contribution in [0.5, 0.6) is 0 Å². The number of nitrogens with zero attached hydrogens (tertiary/aromatic N) is 5. The average molecular weight is 492 g/mol. The van der Waals surface area contributed by atoms with Crippen LogP contribution in [-0.4, -0.2) is 57.3 Å². The van der Waals surface area contributed by atoms with Gasteiger partial charge < -0.3 is 19.1 Å². The quantitative estimate of drug-likeness (QED) is 0.615. The smallest absolute Gasteiger partial charge is 0.409 e. The van der Waals surface area contributed by atoms with Crippen LogP contribution in [0.3, 0.4) is 0 Å². The second-order valence-corrected chi connectivity index (χ2v) is 9.42. The molecule has 0 unspecified atom stereocenters. The van der Waals surface area contributed by atoms with Crippen LogP contribution in [0, 0.1) is 0 Å². The van der Waals surface area contributed by atoms with E-state index in [4.69, 9.17) is 9.72 Å². The summed E-state index contributed by atoms with van der Waals surface area (Å²) in [4.78, 5) is 38.0. The standard InChI is InChI=1S/C24H28F3N5O3/c1-2-35-22(34)30-14-23(15-30)16-8-10-28-12-19(16)32(21(23)33)13-20-29-17-6-3-4-7-18(17)31(20)11-5-9-24(25,26)27/h8,10,12H,2-7,9,11,13-15H2,1H3. The van der Waals surface area contributed by atoms with E-state index in [0.29, 0.717) is 11.5 Å². The first kappa shape index (κ1) is 23.6. The molecule has 1 saturated heterocycles. The van der Waals surface area contributed by atoms with Gasteiger partial charge in [0.1, 0.15) is 11.2 Å². The van der Waals surface area contributed by atoms with E-state index in [1.165, 1.54) is 4.90 Å². The van der Waals surface area contributed by atoms with Crippen molar-refractivity contribution in [2.24, 2.45) is 0 Å². The molecule has 0 N–H and O–H groups in total. The summed E-state index contributed by atoms with van der Waals surface area (Å²) in [6.07, 6.45) is 1.23. The molecule has 188 valence electrons. The zero-order valence-corrected chi connectivity index (χ0v) is 19.6. The number of imidazole rings is 1. The van der Waals surface area contributed by atoms with E-state index in [1.807, 2.05) is 4.57 Å². The third-order valence-corrected chi connectivity index (χ3v) is 7.16. The molecule has 11 heteroatoms. The van der Waals surface area contributed by atoms with Crippen LogP contribution in [0.2, 0.25) is 0 Å². The third kappa shape index (κ3) is 4.14. The molecule has 2 amide bonds. The van der Waals surface area contributed by atoms with Crippen LogP contribution in [0.25, 0.3) is 0 Å². The fourth-order valence-electron chi connectivity index (χ4n) is 5.52. The minimum atomic E-state index is -4.21. The molecule has 3 aliphatic rings. The fraction of sp³-hybridized carbons (Fsp3) is 0.583. The third-order valence-electron chi connectivity index (χ3n) is 7.16. The van der Waals surface area contributed by atoms with Gasteiger partial charge in [-0.2, -0.15) is 13.2 Å². The van der Waals surface area contributed by atoms with E-state index in [9.17, 15) is 22.8 Å². The summed E-state index contributed by atoms with van der Waals surface area (Å²) in [7, 11) is 0. The van der Waals surface area contributed by atoms with Gasteiger partial charge in [-0.15, -0.1) is 0 Å². The van der Waals surface area contributed by atoms with E-state index in [1.54, 1.807) is 30.3 Å². The highest BCUT2D eigenvalue weighted by Crippen LogP contribution is 2.47. The van der Waals surface area contributed by atoms with Crippen molar-refractivity contribution in [1.29, 1.82) is 0 Å².